The number of hydrogen-bond donors (Lipinski definition) is 0. The van der Waals surface area contributed by atoms with E-state index in [1.165, 1.54) is 19.2 Å². The highest BCUT2D eigenvalue weighted by Gasteiger charge is 2.24. The lowest BCUT2D eigenvalue weighted by atomic mass is 9.97. The average molecular weight is 385 g/mol. The van der Waals surface area contributed by atoms with E-state index in [1.807, 2.05) is 42.5 Å². The minimum atomic E-state index is -0.669. The Morgan fingerprint density at radius 1 is 1.11 bits per heavy atom. The van der Waals surface area contributed by atoms with Crippen molar-refractivity contribution in [3.63, 3.8) is 0 Å². The van der Waals surface area contributed by atoms with Crippen LogP contribution in [0, 0.1) is 11.7 Å². The van der Waals surface area contributed by atoms with Crippen LogP contribution in [0.4, 0.5) is 4.39 Å². The lowest BCUT2D eigenvalue weighted by Gasteiger charge is -2.31. The number of halogens is 1. The zero-order valence-electron chi connectivity index (χ0n) is 16.4. The van der Waals surface area contributed by atoms with Gasteiger partial charge in [0, 0.05) is 13.7 Å². The molecular formula is C23H28FNO3. The van der Waals surface area contributed by atoms with Crippen molar-refractivity contribution >= 4 is 5.97 Å². The topological polar surface area (TPSA) is 38.8 Å². The standard InChI is InChI=1S/C23H28FNO3/c1-27-22(20-5-3-2-4-6-20)23(26)28-17-19-12-15-25(16-13-19)14-11-18-7-9-21(24)10-8-18/h2-10,19,22H,11-17H2,1H3. The molecule has 1 unspecified atom stereocenters. The molecule has 1 aliphatic rings. The molecule has 1 heterocycles. The van der Waals surface area contributed by atoms with Gasteiger partial charge < -0.3 is 14.4 Å². The fraction of sp³-hybridized carbons (Fsp3) is 0.435. The van der Waals surface area contributed by atoms with E-state index in [0.29, 0.717) is 12.5 Å². The van der Waals surface area contributed by atoms with Crippen molar-refractivity contribution in [3.05, 3.63) is 71.5 Å². The van der Waals surface area contributed by atoms with Gasteiger partial charge in [0.15, 0.2) is 6.10 Å². The summed E-state index contributed by atoms with van der Waals surface area (Å²) in [6.45, 7) is 3.40. The molecule has 5 heteroatoms. The molecule has 0 N–H and O–H groups in total. The summed E-state index contributed by atoms with van der Waals surface area (Å²) in [5.41, 5.74) is 1.97. The number of ether oxygens (including phenoxy) is 2. The van der Waals surface area contributed by atoms with Gasteiger partial charge in [-0.2, -0.15) is 0 Å². The van der Waals surface area contributed by atoms with Crippen molar-refractivity contribution in [2.24, 2.45) is 5.92 Å². The van der Waals surface area contributed by atoms with Crippen LogP contribution >= 0.6 is 0 Å². The molecule has 0 saturated carbocycles. The zero-order chi connectivity index (χ0) is 19.8. The highest BCUT2D eigenvalue weighted by Crippen LogP contribution is 2.21. The van der Waals surface area contributed by atoms with Gasteiger partial charge in [-0.05, 0) is 61.5 Å². The molecule has 1 aliphatic heterocycles. The number of piperidine rings is 1. The monoisotopic (exact) mass is 385 g/mol. The van der Waals surface area contributed by atoms with Crippen molar-refractivity contribution in [2.45, 2.75) is 25.4 Å². The maximum Gasteiger partial charge on any atom is 0.339 e. The molecule has 3 rings (SSSR count). The van der Waals surface area contributed by atoms with E-state index in [1.54, 1.807) is 0 Å². The summed E-state index contributed by atoms with van der Waals surface area (Å²) >= 11 is 0. The molecular weight excluding hydrogens is 357 g/mol. The highest BCUT2D eigenvalue weighted by molar-refractivity contribution is 5.76. The van der Waals surface area contributed by atoms with Crippen molar-refractivity contribution in [2.75, 3.05) is 33.4 Å². The first-order chi connectivity index (χ1) is 13.7. The third kappa shape index (κ3) is 5.88. The van der Waals surface area contributed by atoms with E-state index in [-0.39, 0.29) is 11.8 Å². The molecule has 0 bridgehead atoms. The van der Waals surface area contributed by atoms with Crippen LogP contribution in [-0.2, 0) is 20.7 Å². The molecule has 1 fully saturated rings. The van der Waals surface area contributed by atoms with Gasteiger partial charge in [-0.1, -0.05) is 42.5 Å². The number of carbonyl (C=O) groups is 1. The van der Waals surface area contributed by atoms with Crippen molar-refractivity contribution in [1.29, 1.82) is 0 Å². The molecule has 4 nitrogen and oxygen atoms in total. The van der Waals surface area contributed by atoms with E-state index in [9.17, 15) is 9.18 Å². The maximum atomic E-state index is 13.0. The SMILES string of the molecule is COC(C(=O)OCC1CCN(CCc2ccc(F)cc2)CC1)c1ccccc1. The van der Waals surface area contributed by atoms with E-state index in [4.69, 9.17) is 9.47 Å². The Labute approximate surface area is 166 Å². The lowest BCUT2D eigenvalue weighted by molar-refractivity contribution is -0.157. The zero-order valence-corrected chi connectivity index (χ0v) is 16.4. The van der Waals surface area contributed by atoms with Crippen molar-refractivity contribution < 1.29 is 18.7 Å². The molecule has 28 heavy (non-hydrogen) atoms. The number of methoxy groups -OCH3 is 1. The van der Waals surface area contributed by atoms with Crippen molar-refractivity contribution in [3.8, 4) is 0 Å². The molecule has 0 aromatic heterocycles. The summed E-state index contributed by atoms with van der Waals surface area (Å²) in [5, 5.41) is 0. The van der Waals surface area contributed by atoms with Crippen LogP contribution in [0.15, 0.2) is 54.6 Å². The highest BCUT2D eigenvalue weighted by atomic mass is 19.1. The summed E-state index contributed by atoms with van der Waals surface area (Å²) in [6.07, 6.45) is 2.28. The molecule has 1 saturated heterocycles. The van der Waals surface area contributed by atoms with Crippen molar-refractivity contribution in [1.82, 2.24) is 4.90 Å². The van der Waals surface area contributed by atoms with Crippen LogP contribution in [0.1, 0.15) is 30.1 Å². The second-order valence-electron chi connectivity index (χ2n) is 7.32. The summed E-state index contributed by atoms with van der Waals surface area (Å²) in [6, 6.07) is 16.1. The largest absolute Gasteiger partial charge is 0.463 e. The molecule has 0 radical (unpaired) electrons. The van der Waals surface area contributed by atoms with Gasteiger partial charge in [-0.15, -0.1) is 0 Å². The second-order valence-corrected chi connectivity index (χ2v) is 7.32. The molecule has 0 amide bonds. The predicted octanol–water partition coefficient (Wildman–Crippen LogP) is 4.01. The van der Waals surface area contributed by atoms with Gasteiger partial charge in [0.05, 0.1) is 6.61 Å². The Bertz CT molecular complexity index is 727. The van der Waals surface area contributed by atoms with Gasteiger partial charge in [-0.3, -0.25) is 0 Å². The molecule has 2 aromatic rings. The van der Waals surface area contributed by atoms with Gasteiger partial charge in [-0.25, -0.2) is 9.18 Å². The number of rotatable bonds is 8. The third-order valence-corrected chi connectivity index (χ3v) is 5.35. The van der Waals surface area contributed by atoms with E-state index >= 15 is 0 Å². The maximum absolute atomic E-state index is 13.0. The molecule has 0 aliphatic carbocycles. The van der Waals surface area contributed by atoms with E-state index in [2.05, 4.69) is 4.90 Å². The number of hydrogen-bond acceptors (Lipinski definition) is 4. The number of likely N-dealkylation sites (tertiary alicyclic amines) is 1. The minimum Gasteiger partial charge on any atom is -0.463 e. The van der Waals surface area contributed by atoms with Crippen LogP contribution in [0.5, 0.6) is 0 Å². The number of carbonyl (C=O) groups excluding carboxylic acids is 1. The predicted molar refractivity (Wildman–Crippen MR) is 106 cm³/mol. The first-order valence-corrected chi connectivity index (χ1v) is 9.87. The Balaban J connectivity index is 1.38. The van der Waals surface area contributed by atoms with Crippen LogP contribution in [0.25, 0.3) is 0 Å². The lowest BCUT2D eigenvalue weighted by Crippen LogP contribution is -2.36. The van der Waals surface area contributed by atoms with Crippen LogP contribution in [0.2, 0.25) is 0 Å². The minimum absolute atomic E-state index is 0.193. The van der Waals surface area contributed by atoms with Gasteiger partial charge >= 0.3 is 5.97 Å². The molecule has 0 spiro atoms. The number of benzene rings is 2. The van der Waals surface area contributed by atoms with Gasteiger partial charge in [0.2, 0.25) is 0 Å². The number of esters is 1. The summed E-state index contributed by atoms with van der Waals surface area (Å²) < 4.78 is 23.8. The third-order valence-electron chi connectivity index (χ3n) is 5.35. The number of nitrogens with zero attached hydrogens (tertiary/aromatic N) is 1. The van der Waals surface area contributed by atoms with Gasteiger partial charge in [0.25, 0.3) is 0 Å². The van der Waals surface area contributed by atoms with Crippen LogP contribution < -0.4 is 0 Å². The first kappa shape index (κ1) is 20.5. The fourth-order valence-corrected chi connectivity index (χ4v) is 3.59. The summed E-state index contributed by atoms with van der Waals surface area (Å²) in [7, 11) is 1.53. The summed E-state index contributed by atoms with van der Waals surface area (Å²) in [4.78, 5) is 14.8. The normalized spacial score (nSPS) is 16.6. The van der Waals surface area contributed by atoms with Gasteiger partial charge in [0.1, 0.15) is 5.82 Å². The second kappa shape index (κ2) is 10.3. The van der Waals surface area contributed by atoms with Crippen LogP contribution in [-0.4, -0.2) is 44.2 Å². The average Bonchev–Trinajstić information content (AvgIpc) is 2.74. The Morgan fingerprint density at radius 3 is 2.43 bits per heavy atom. The molecule has 2 aromatic carbocycles. The summed E-state index contributed by atoms with van der Waals surface area (Å²) in [5.74, 6) is -0.131. The molecule has 150 valence electrons. The quantitative estimate of drug-likeness (QED) is 0.644. The first-order valence-electron chi connectivity index (χ1n) is 9.87. The van der Waals surface area contributed by atoms with E-state index in [0.717, 1.165) is 50.0 Å². The smallest absolute Gasteiger partial charge is 0.339 e. The Hall–Kier alpha value is -2.24. The molecule has 1 atom stereocenters. The Kier molecular flexibility index (Phi) is 7.57. The van der Waals surface area contributed by atoms with E-state index < -0.39 is 6.10 Å². The van der Waals surface area contributed by atoms with Crippen LogP contribution in [0.3, 0.4) is 0 Å². The fourth-order valence-electron chi connectivity index (χ4n) is 3.59. The Morgan fingerprint density at radius 2 is 1.79 bits per heavy atom.